The summed E-state index contributed by atoms with van der Waals surface area (Å²) >= 11 is 8.38. The maximum Gasteiger partial charge on any atom is 0.417 e. The Morgan fingerprint density at radius 2 is 1.80 bits per heavy atom. The average Bonchev–Trinajstić information content (AvgIpc) is 2.56. The normalized spacial score (nSPS) is 11.8. The minimum atomic E-state index is -4.76. The van der Waals surface area contributed by atoms with E-state index in [9.17, 15) is 17.6 Å². The summed E-state index contributed by atoms with van der Waals surface area (Å²) in [5.41, 5.74) is -0.782. The molecule has 2 aromatic carbocycles. The fourth-order valence-electron chi connectivity index (χ4n) is 2.19. The maximum atomic E-state index is 14.4. The van der Waals surface area contributed by atoms with Gasteiger partial charge in [-0.15, -0.1) is 0 Å². The topological polar surface area (TPSA) is 35.0 Å². The number of halogens is 6. The molecule has 3 rings (SSSR count). The van der Waals surface area contributed by atoms with E-state index in [4.69, 9.17) is 16.3 Å². The second kappa shape index (κ2) is 6.76. The number of nitrogens with zero attached hydrogens (tertiary/aromatic N) is 2. The first kappa shape index (κ1) is 17.9. The van der Waals surface area contributed by atoms with Gasteiger partial charge in [-0.05, 0) is 39.2 Å². The molecule has 3 nitrogen and oxygen atoms in total. The van der Waals surface area contributed by atoms with E-state index in [1.165, 1.54) is 0 Å². The zero-order chi connectivity index (χ0) is 18.2. The summed E-state index contributed by atoms with van der Waals surface area (Å²) in [5.74, 6) is -1.41. The van der Waals surface area contributed by atoms with E-state index in [1.807, 2.05) is 6.07 Å². The molecule has 0 spiro atoms. The molecule has 0 N–H and O–H groups in total. The van der Waals surface area contributed by atoms with Crippen LogP contribution in [0.4, 0.5) is 17.6 Å². The molecule has 0 atom stereocenters. The number of fused-ring (bicyclic) bond motifs is 1. The zero-order valence-electron chi connectivity index (χ0n) is 12.2. The number of hydrogen-bond acceptors (Lipinski definition) is 3. The van der Waals surface area contributed by atoms with Crippen molar-refractivity contribution in [2.75, 3.05) is 0 Å². The summed E-state index contributed by atoms with van der Waals surface area (Å²) in [7, 11) is 0. The highest BCUT2D eigenvalue weighted by Crippen LogP contribution is 2.40. The molecule has 0 aliphatic heterocycles. The van der Waals surface area contributed by atoms with Crippen LogP contribution in [0.3, 0.4) is 0 Å². The van der Waals surface area contributed by atoms with Crippen LogP contribution < -0.4 is 4.74 Å². The Morgan fingerprint density at radius 1 is 1.12 bits per heavy atom. The van der Waals surface area contributed by atoms with E-state index >= 15 is 0 Å². The van der Waals surface area contributed by atoms with E-state index in [2.05, 4.69) is 25.9 Å². The fraction of sp³-hybridized carbons (Fsp3) is 0.125. The molecule has 0 saturated heterocycles. The molecular formula is C16H8BrClF4N2O. The van der Waals surface area contributed by atoms with E-state index in [1.54, 1.807) is 24.3 Å². The summed E-state index contributed by atoms with van der Waals surface area (Å²) in [4.78, 5) is 7.47. The monoisotopic (exact) mass is 434 g/mol. The minimum Gasteiger partial charge on any atom is -0.472 e. The Labute approximate surface area is 152 Å². The van der Waals surface area contributed by atoms with Gasteiger partial charge in [0.15, 0.2) is 5.82 Å². The highest BCUT2D eigenvalue weighted by Gasteiger charge is 2.36. The maximum absolute atomic E-state index is 14.4. The first-order chi connectivity index (χ1) is 11.8. The molecule has 0 amide bonds. The van der Waals surface area contributed by atoms with Gasteiger partial charge in [0.25, 0.3) is 0 Å². The lowest BCUT2D eigenvalue weighted by atomic mass is 10.1. The van der Waals surface area contributed by atoms with Crippen molar-refractivity contribution in [2.45, 2.75) is 12.8 Å². The van der Waals surface area contributed by atoms with Crippen LogP contribution in [0, 0.1) is 5.82 Å². The van der Waals surface area contributed by atoms with E-state index in [0.29, 0.717) is 0 Å². The Balaban J connectivity index is 2.13. The number of ether oxygens (including phenoxy) is 1. The van der Waals surface area contributed by atoms with Crippen LogP contribution in [0.15, 0.2) is 40.9 Å². The van der Waals surface area contributed by atoms with Crippen molar-refractivity contribution in [3.63, 3.8) is 0 Å². The van der Waals surface area contributed by atoms with Crippen LogP contribution in [0.25, 0.3) is 10.9 Å². The van der Waals surface area contributed by atoms with Gasteiger partial charge in [-0.2, -0.15) is 18.2 Å². The van der Waals surface area contributed by atoms with E-state index < -0.39 is 22.0 Å². The highest BCUT2D eigenvalue weighted by atomic mass is 79.9. The van der Waals surface area contributed by atoms with Gasteiger partial charge >= 0.3 is 6.18 Å². The Hall–Kier alpha value is -1.93. The molecule has 1 heterocycles. The molecule has 0 bridgehead atoms. The standard InChI is InChI=1S/C16H8BrClF4N2O/c17-11-10(16(20,21)22)6-9-13(12(11)19)23-15(18)24-14(9)25-7-8-4-2-1-3-5-8/h1-6H,7H2. The van der Waals surface area contributed by atoms with Crippen molar-refractivity contribution in [2.24, 2.45) is 0 Å². The van der Waals surface area contributed by atoms with Gasteiger partial charge in [-0.25, -0.2) is 9.37 Å². The zero-order valence-corrected chi connectivity index (χ0v) is 14.6. The van der Waals surface area contributed by atoms with Gasteiger partial charge in [-0.3, -0.25) is 0 Å². The van der Waals surface area contributed by atoms with Crippen molar-refractivity contribution >= 4 is 38.4 Å². The summed E-state index contributed by atoms with van der Waals surface area (Å²) in [5, 5.41) is -0.547. The lowest BCUT2D eigenvalue weighted by molar-refractivity contribution is -0.138. The SMILES string of the molecule is Fc1c(Br)c(C(F)(F)F)cc2c(OCc3ccccc3)nc(Cl)nc12. The third-order valence-electron chi connectivity index (χ3n) is 3.33. The predicted octanol–water partition coefficient (Wildman–Crippen LogP) is 5.78. The second-order valence-corrected chi connectivity index (χ2v) is 6.15. The molecule has 0 fully saturated rings. The summed E-state index contributed by atoms with van der Waals surface area (Å²) < 4.78 is 58.4. The van der Waals surface area contributed by atoms with E-state index in [-0.39, 0.29) is 28.7 Å². The summed E-state index contributed by atoms with van der Waals surface area (Å²) in [6.45, 7) is 0.0301. The fourth-order valence-corrected chi connectivity index (χ4v) is 2.88. The minimum absolute atomic E-state index is 0.0301. The summed E-state index contributed by atoms with van der Waals surface area (Å²) in [6.07, 6.45) is -4.76. The summed E-state index contributed by atoms with van der Waals surface area (Å²) in [6, 6.07) is 9.64. The number of alkyl halides is 3. The predicted molar refractivity (Wildman–Crippen MR) is 88.0 cm³/mol. The van der Waals surface area contributed by atoms with Gasteiger partial charge in [0, 0.05) is 0 Å². The van der Waals surface area contributed by atoms with Crippen LogP contribution in [0.5, 0.6) is 5.88 Å². The van der Waals surface area contributed by atoms with Gasteiger partial charge in [0.05, 0.1) is 15.4 Å². The number of aromatic nitrogens is 2. The third-order valence-corrected chi connectivity index (χ3v) is 4.28. The molecule has 0 aliphatic carbocycles. The molecular weight excluding hydrogens is 428 g/mol. The van der Waals surface area contributed by atoms with Crippen LogP contribution in [-0.4, -0.2) is 9.97 Å². The van der Waals surface area contributed by atoms with Crippen molar-refractivity contribution < 1.29 is 22.3 Å². The Bertz CT molecular complexity index is 935. The number of benzene rings is 2. The lowest BCUT2D eigenvalue weighted by Gasteiger charge is -2.14. The van der Waals surface area contributed by atoms with Crippen LogP contribution in [0.2, 0.25) is 5.28 Å². The Kier molecular flexibility index (Phi) is 4.83. The van der Waals surface area contributed by atoms with Gasteiger partial charge in [0.1, 0.15) is 12.1 Å². The quantitative estimate of drug-likeness (QED) is 0.386. The average molecular weight is 436 g/mol. The van der Waals surface area contributed by atoms with Gasteiger partial charge < -0.3 is 4.74 Å². The van der Waals surface area contributed by atoms with E-state index in [0.717, 1.165) is 11.6 Å². The lowest BCUT2D eigenvalue weighted by Crippen LogP contribution is -2.09. The molecule has 3 aromatic rings. The van der Waals surface area contributed by atoms with Crippen LogP contribution >= 0.6 is 27.5 Å². The van der Waals surface area contributed by atoms with Crippen LogP contribution in [-0.2, 0) is 12.8 Å². The van der Waals surface area contributed by atoms with Crippen LogP contribution in [0.1, 0.15) is 11.1 Å². The smallest absolute Gasteiger partial charge is 0.417 e. The first-order valence-electron chi connectivity index (χ1n) is 6.86. The van der Waals surface area contributed by atoms with Crippen molar-refractivity contribution in [3.05, 3.63) is 63.1 Å². The van der Waals surface area contributed by atoms with Crippen molar-refractivity contribution in [1.82, 2.24) is 9.97 Å². The molecule has 0 aliphatic rings. The molecule has 9 heteroatoms. The highest BCUT2D eigenvalue weighted by molar-refractivity contribution is 9.10. The molecule has 0 saturated carbocycles. The molecule has 25 heavy (non-hydrogen) atoms. The van der Waals surface area contributed by atoms with Gasteiger partial charge in [-0.1, -0.05) is 30.3 Å². The number of hydrogen-bond donors (Lipinski definition) is 0. The third kappa shape index (κ3) is 3.69. The molecule has 0 unspecified atom stereocenters. The van der Waals surface area contributed by atoms with Crippen molar-refractivity contribution in [1.29, 1.82) is 0 Å². The van der Waals surface area contributed by atoms with Gasteiger partial charge in [0.2, 0.25) is 11.2 Å². The second-order valence-electron chi connectivity index (χ2n) is 5.02. The molecule has 130 valence electrons. The number of rotatable bonds is 3. The van der Waals surface area contributed by atoms with Crippen molar-refractivity contribution in [3.8, 4) is 5.88 Å². The largest absolute Gasteiger partial charge is 0.472 e. The molecule has 1 aromatic heterocycles. The molecule has 0 radical (unpaired) electrons. The first-order valence-corrected chi connectivity index (χ1v) is 8.03. The Morgan fingerprint density at radius 3 is 2.44 bits per heavy atom.